The van der Waals surface area contributed by atoms with E-state index >= 15 is 0 Å². The Bertz CT molecular complexity index is 745. The van der Waals surface area contributed by atoms with Crippen LogP contribution in [-0.2, 0) is 0 Å². The van der Waals surface area contributed by atoms with E-state index in [2.05, 4.69) is 9.97 Å². The molecule has 3 nitrogen and oxygen atoms in total. The zero-order chi connectivity index (χ0) is 12.9. The highest BCUT2D eigenvalue weighted by Gasteiger charge is 2.14. The summed E-state index contributed by atoms with van der Waals surface area (Å²) in [6.45, 7) is 1.90. The second-order valence-electron chi connectivity index (χ2n) is 4.03. The second-order valence-corrected chi connectivity index (χ2v) is 5.11. The fourth-order valence-electron chi connectivity index (χ4n) is 1.89. The molecule has 0 saturated carbocycles. The van der Waals surface area contributed by atoms with Gasteiger partial charge in [-0.15, -0.1) is 11.3 Å². The van der Waals surface area contributed by atoms with Crippen molar-refractivity contribution in [3.05, 3.63) is 35.4 Å². The molecule has 3 aromatic rings. The third kappa shape index (κ3) is 1.65. The largest absolute Gasteiger partial charge is 0.391 e. The number of aryl methyl sites for hydroxylation is 1. The molecule has 2 aromatic heterocycles. The minimum atomic E-state index is -0.672. The topological polar surface area (TPSA) is 54.7 Å². The van der Waals surface area contributed by atoms with Gasteiger partial charge in [0.2, 0.25) is 0 Å². The number of nitrogens with one attached hydrogen (secondary N) is 1. The quantitative estimate of drug-likeness (QED) is 0.708. The molecule has 0 fully saturated rings. The lowest BCUT2D eigenvalue weighted by atomic mass is 10.3. The lowest BCUT2D eigenvalue weighted by molar-refractivity contribution is 0.591. The predicted octanol–water partition coefficient (Wildman–Crippen LogP) is 3.46. The predicted molar refractivity (Wildman–Crippen MR) is 68.5 cm³/mol. The van der Waals surface area contributed by atoms with Crippen molar-refractivity contribution in [2.75, 3.05) is 5.73 Å². The van der Waals surface area contributed by atoms with E-state index < -0.39 is 11.6 Å². The van der Waals surface area contributed by atoms with Gasteiger partial charge in [-0.05, 0) is 24.6 Å². The smallest absolute Gasteiger partial charge is 0.153 e. The minimum Gasteiger partial charge on any atom is -0.391 e. The molecular formula is C12H9F2N3S. The van der Waals surface area contributed by atoms with Crippen LogP contribution in [0.15, 0.2) is 18.2 Å². The van der Waals surface area contributed by atoms with E-state index in [1.165, 1.54) is 17.4 Å². The molecule has 0 aliphatic heterocycles. The molecule has 0 spiro atoms. The summed E-state index contributed by atoms with van der Waals surface area (Å²) in [4.78, 5) is 7.90. The minimum absolute atomic E-state index is 0.137. The molecule has 6 heteroatoms. The SMILES string of the molecule is Cc1cc(N)sc1-c1nc2c(F)cc(F)cc2[nH]1. The fourth-order valence-corrected chi connectivity index (χ4v) is 2.78. The monoisotopic (exact) mass is 265 g/mol. The summed E-state index contributed by atoms with van der Waals surface area (Å²) in [5.74, 6) is -0.791. The number of benzene rings is 1. The molecule has 0 aliphatic carbocycles. The van der Waals surface area contributed by atoms with E-state index in [1.54, 1.807) is 0 Å². The van der Waals surface area contributed by atoms with Crippen LogP contribution < -0.4 is 5.73 Å². The van der Waals surface area contributed by atoms with Crippen molar-refractivity contribution in [3.8, 4) is 10.7 Å². The molecule has 0 aliphatic rings. The van der Waals surface area contributed by atoms with Crippen LogP contribution in [0.3, 0.4) is 0 Å². The molecule has 92 valence electrons. The lowest BCUT2D eigenvalue weighted by Crippen LogP contribution is -1.81. The van der Waals surface area contributed by atoms with Crippen LogP contribution in [0.2, 0.25) is 0 Å². The normalized spacial score (nSPS) is 11.3. The molecule has 0 radical (unpaired) electrons. The molecule has 0 amide bonds. The summed E-state index contributed by atoms with van der Waals surface area (Å²) < 4.78 is 26.6. The molecule has 18 heavy (non-hydrogen) atoms. The first kappa shape index (κ1) is 11.2. The number of fused-ring (bicyclic) bond motifs is 1. The van der Waals surface area contributed by atoms with E-state index in [0.717, 1.165) is 16.5 Å². The van der Waals surface area contributed by atoms with E-state index in [-0.39, 0.29) is 5.52 Å². The zero-order valence-corrected chi connectivity index (χ0v) is 10.2. The maximum atomic E-state index is 13.5. The first-order valence-corrected chi connectivity index (χ1v) is 6.07. The maximum Gasteiger partial charge on any atom is 0.153 e. The van der Waals surface area contributed by atoms with Gasteiger partial charge in [0.15, 0.2) is 5.82 Å². The van der Waals surface area contributed by atoms with Gasteiger partial charge in [-0.3, -0.25) is 0 Å². The molecule has 0 unspecified atom stereocenters. The van der Waals surface area contributed by atoms with Crippen LogP contribution >= 0.6 is 11.3 Å². The van der Waals surface area contributed by atoms with Crippen molar-refractivity contribution in [3.63, 3.8) is 0 Å². The molecule has 0 saturated heterocycles. The van der Waals surface area contributed by atoms with Crippen LogP contribution in [0.1, 0.15) is 5.56 Å². The number of hydrogen-bond acceptors (Lipinski definition) is 3. The number of thiophene rings is 1. The second kappa shape index (κ2) is 3.78. The Hall–Kier alpha value is -1.95. The number of imidazole rings is 1. The van der Waals surface area contributed by atoms with E-state index in [4.69, 9.17) is 5.73 Å². The van der Waals surface area contributed by atoms with Gasteiger partial charge in [-0.1, -0.05) is 0 Å². The van der Waals surface area contributed by atoms with Crippen molar-refractivity contribution in [1.82, 2.24) is 9.97 Å². The van der Waals surface area contributed by atoms with Gasteiger partial charge >= 0.3 is 0 Å². The van der Waals surface area contributed by atoms with Crippen LogP contribution in [-0.4, -0.2) is 9.97 Å². The Morgan fingerprint density at radius 2 is 2.06 bits per heavy atom. The highest BCUT2D eigenvalue weighted by Crippen LogP contribution is 2.33. The number of hydrogen-bond donors (Lipinski definition) is 2. The number of halogens is 2. The Morgan fingerprint density at radius 3 is 2.72 bits per heavy atom. The number of nitrogens with two attached hydrogens (primary N) is 1. The first-order chi connectivity index (χ1) is 8.54. The van der Waals surface area contributed by atoms with E-state index in [9.17, 15) is 8.78 Å². The number of nitrogen functional groups attached to an aromatic ring is 1. The van der Waals surface area contributed by atoms with Gasteiger partial charge in [0.1, 0.15) is 17.2 Å². The third-order valence-electron chi connectivity index (χ3n) is 2.66. The molecule has 0 bridgehead atoms. The van der Waals surface area contributed by atoms with Gasteiger partial charge in [-0.25, -0.2) is 13.8 Å². The Kier molecular flexibility index (Phi) is 2.34. The van der Waals surface area contributed by atoms with Crippen LogP contribution in [0.25, 0.3) is 21.7 Å². The molecule has 3 rings (SSSR count). The van der Waals surface area contributed by atoms with Gasteiger partial charge in [0.25, 0.3) is 0 Å². The fraction of sp³-hybridized carbons (Fsp3) is 0.0833. The lowest BCUT2D eigenvalue weighted by Gasteiger charge is -1.91. The van der Waals surface area contributed by atoms with Gasteiger partial charge in [0.05, 0.1) is 15.4 Å². The standard InChI is InChI=1S/C12H9F2N3S/c1-5-2-9(15)18-11(5)12-16-8-4-6(13)3-7(14)10(8)17-12/h2-4H,15H2,1H3,(H,16,17). The first-order valence-electron chi connectivity index (χ1n) is 5.25. The van der Waals surface area contributed by atoms with Crippen LogP contribution in [0.4, 0.5) is 13.8 Å². The zero-order valence-electron chi connectivity index (χ0n) is 9.42. The average Bonchev–Trinajstić information content (AvgIpc) is 2.81. The maximum absolute atomic E-state index is 13.5. The molecule has 1 aromatic carbocycles. The number of aromatic amines is 1. The number of anilines is 1. The molecular weight excluding hydrogens is 256 g/mol. The number of H-pyrrole nitrogens is 1. The highest BCUT2D eigenvalue weighted by molar-refractivity contribution is 7.19. The van der Waals surface area contributed by atoms with Crippen LogP contribution in [0.5, 0.6) is 0 Å². The van der Waals surface area contributed by atoms with Crippen molar-refractivity contribution in [2.45, 2.75) is 6.92 Å². The molecule has 2 heterocycles. The summed E-state index contributed by atoms with van der Waals surface area (Å²) in [5, 5.41) is 0.662. The Labute approximate surface area is 105 Å². The van der Waals surface area contributed by atoms with Gasteiger partial charge in [-0.2, -0.15) is 0 Å². The summed E-state index contributed by atoms with van der Waals surface area (Å²) in [6, 6.07) is 3.87. The van der Waals surface area contributed by atoms with Gasteiger partial charge in [0, 0.05) is 6.07 Å². The highest BCUT2D eigenvalue weighted by atomic mass is 32.1. The van der Waals surface area contributed by atoms with Crippen molar-refractivity contribution in [2.24, 2.45) is 0 Å². The summed E-state index contributed by atoms with van der Waals surface area (Å²) in [5.41, 5.74) is 7.14. The van der Waals surface area contributed by atoms with E-state index in [1.807, 2.05) is 13.0 Å². The molecule has 3 N–H and O–H groups in total. The summed E-state index contributed by atoms with van der Waals surface area (Å²) >= 11 is 1.36. The number of nitrogens with zero attached hydrogens (tertiary/aromatic N) is 1. The third-order valence-corrected chi connectivity index (χ3v) is 3.73. The van der Waals surface area contributed by atoms with Crippen LogP contribution in [0, 0.1) is 18.6 Å². The van der Waals surface area contributed by atoms with Crippen molar-refractivity contribution in [1.29, 1.82) is 0 Å². The average molecular weight is 265 g/mol. The summed E-state index contributed by atoms with van der Waals surface area (Å²) in [7, 11) is 0. The van der Waals surface area contributed by atoms with Crippen molar-refractivity contribution >= 4 is 27.4 Å². The Balaban J connectivity index is 2.25. The Morgan fingerprint density at radius 1 is 1.28 bits per heavy atom. The van der Waals surface area contributed by atoms with Crippen molar-refractivity contribution < 1.29 is 8.78 Å². The van der Waals surface area contributed by atoms with Gasteiger partial charge < -0.3 is 10.7 Å². The van der Waals surface area contributed by atoms with E-state index in [0.29, 0.717) is 16.3 Å². The number of aromatic nitrogens is 2. The molecule has 0 atom stereocenters. The summed E-state index contributed by atoms with van der Waals surface area (Å²) in [6.07, 6.45) is 0. The number of rotatable bonds is 1.